The number of rotatable bonds is 6. The molecular formula is C21H24N2O4. The van der Waals surface area contributed by atoms with Gasteiger partial charge in [0.15, 0.2) is 0 Å². The first-order valence-electron chi connectivity index (χ1n) is 9.20. The number of benzene rings is 2. The molecule has 6 nitrogen and oxygen atoms in total. The molecule has 6 heteroatoms. The van der Waals surface area contributed by atoms with E-state index in [0.29, 0.717) is 24.5 Å². The van der Waals surface area contributed by atoms with Crippen LogP contribution < -0.4 is 20.1 Å². The second-order valence-electron chi connectivity index (χ2n) is 6.26. The van der Waals surface area contributed by atoms with Gasteiger partial charge in [-0.25, -0.2) is 0 Å². The molecule has 1 heterocycles. The van der Waals surface area contributed by atoms with Crippen LogP contribution in [0.4, 0.5) is 0 Å². The summed E-state index contributed by atoms with van der Waals surface area (Å²) in [6.45, 7) is 2.86. The highest BCUT2D eigenvalue weighted by molar-refractivity contribution is 5.98. The summed E-state index contributed by atoms with van der Waals surface area (Å²) in [5, 5.41) is 5.66. The zero-order valence-corrected chi connectivity index (χ0v) is 15.4. The number of nitrogens with one attached hydrogen (secondary N) is 2. The van der Waals surface area contributed by atoms with Crippen LogP contribution in [0.15, 0.2) is 48.5 Å². The van der Waals surface area contributed by atoms with Crippen molar-refractivity contribution in [2.75, 3.05) is 19.8 Å². The summed E-state index contributed by atoms with van der Waals surface area (Å²) in [6.07, 6.45) is 1.65. The molecule has 2 aromatic rings. The van der Waals surface area contributed by atoms with Gasteiger partial charge in [0.1, 0.15) is 11.5 Å². The van der Waals surface area contributed by atoms with Crippen LogP contribution in [0, 0.1) is 0 Å². The average molecular weight is 368 g/mol. The van der Waals surface area contributed by atoms with Gasteiger partial charge in [-0.05, 0) is 38.0 Å². The third-order valence-electron chi connectivity index (χ3n) is 4.37. The summed E-state index contributed by atoms with van der Waals surface area (Å²) in [4.78, 5) is 24.8. The smallest absolute Gasteiger partial charge is 0.255 e. The lowest BCUT2D eigenvalue weighted by Crippen LogP contribution is -2.38. The van der Waals surface area contributed by atoms with Gasteiger partial charge in [-0.1, -0.05) is 30.3 Å². The standard InChI is InChI=1S/C21H24N2O4/c1-2-26-19-12-6-4-9-16(19)21(25)22-14-20(24)23-17-10-7-13-27-18-11-5-3-8-15(17)18/h3-6,8-9,11-12,17H,2,7,10,13-14H2,1H3,(H,22,25)(H,23,24)/t17-/m1/s1. The fourth-order valence-corrected chi connectivity index (χ4v) is 3.11. The Morgan fingerprint density at radius 3 is 2.78 bits per heavy atom. The molecule has 0 saturated heterocycles. The lowest BCUT2D eigenvalue weighted by Gasteiger charge is -2.18. The molecule has 142 valence electrons. The summed E-state index contributed by atoms with van der Waals surface area (Å²) in [5.74, 6) is 0.737. The summed E-state index contributed by atoms with van der Waals surface area (Å²) in [5.41, 5.74) is 1.39. The molecule has 2 N–H and O–H groups in total. The number of ether oxygens (including phenoxy) is 2. The number of hydrogen-bond acceptors (Lipinski definition) is 4. The van der Waals surface area contributed by atoms with Gasteiger partial charge in [0, 0.05) is 5.56 Å². The maximum atomic E-state index is 12.4. The molecule has 1 aliphatic rings. The molecule has 1 atom stereocenters. The van der Waals surface area contributed by atoms with E-state index in [-0.39, 0.29) is 24.4 Å². The SMILES string of the molecule is CCOc1ccccc1C(=O)NCC(=O)N[C@@H]1CCCOc2ccccc21. The van der Waals surface area contributed by atoms with Crippen LogP contribution in [0.2, 0.25) is 0 Å². The van der Waals surface area contributed by atoms with Crippen LogP contribution >= 0.6 is 0 Å². The minimum absolute atomic E-state index is 0.0984. The molecule has 0 saturated carbocycles. The Labute approximate surface area is 158 Å². The molecule has 3 rings (SSSR count). The van der Waals surface area contributed by atoms with Gasteiger partial charge in [-0.15, -0.1) is 0 Å². The van der Waals surface area contributed by atoms with Crippen molar-refractivity contribution in [3.8, 4) is 11.5 Å². The maximum absolute atomic E-state index is 12.4. The largest absolute Gasteiger partial charge is 0.493 e. The fraction of sp³-hybridized carbons (Fsp3) is 0.333. The first-order valence-corrected chi connectivity index (χ1v) is 9.20. The number of carbonyl (C=O) groups excluding carboxylic acids is 2. The van der Waals surface area contributed by atoms with Gasteiger partial charge in [0.25, 0.3) is 5.91 Å². The van der Waals surface area contributed by atoms with Crippen molar-refractivity contribution in [3.63, 3.8) is 0 Å². The molecule has 0 spiro atoms. The van der Waals surface area contributed by atoms with Crippen LogP contribution in [0.3, 0.4) is 0 Å². The van der Waals surface area contributed by atoms with E-state index < -0.39 is 0 Å². The molecule has 0 aromatic heterocycles. The van der Waals surface area contributed by atoms with Crippen LogP contribution in [0.1, 0.15) is 41.7 Å². The van der Waals surface area contributed by atoms with E-state index in [1.807, 2.05) is 31.2 Å². The highest BCUT2D eigenvalue weighted by atomic mass is 16.5. The van der Waals surface area contributed by atoms with Crippen molar-refractivity contribution in [1.29, 1.82) is 0 Å². The van der Waals surface area contributed by atoms with E-state index in [1.54, 1.807) is 24.3 Å². The second kappa shape index (κ2) is 9.07. The third-order valence-corrected chi connectivity index (χ3v) is 4.37. The monoisotopic (exact) mass is 368 g/mol. The summed E-state index contributed by atoms with van der Waals surface area (Å²) in [6, 6.07) is 14.6. The van der Waals surface area contributed by atoms with Crippen LogP contribution in [0.5, 0.6) is 11.5 Å². The zero-order valence-electron chi connectivity index (χ0n) is 15.4. The topological polar surface area (TPSA) is 76.7 Å². The van der Waals surface area contributed by atoms with Gasteiger partial charge >= 0.3 is 0 Å². The van der Waals surface area contributed by atoms with Gasteiger partial charge in [0.05, 0.1) is 31.4 Å². The van der Waals surface area contributed by atoms with E-state index in [0.717, 1.165) is 24.2 Å². The van der Waals surface area contributed by atoms with Crippen LogP contribution in [-0.2, 0) is 4.79 Å². The Balaban J connectivity index is 1.60. The normalized spacial score (nSPS) is 15.7. The summed E-state index contributed by atoms with van der Waals surface area (Å²) >= 11 is 0. The average Bonchev–Trinajstić information content (AvgIpc) is 2.89. The van der Waals surface area contributed by atoms with Crippen molar-refractivity contribution < 1.29 is 19.1 Å². The maximum Gasteiger partial charge on any atom is 0.255 e. The van der Waals surface area contributed by atoms with E-state index in [1.165, 1.54) is 0 Å². The molecule has 0 aliphatic carbocycles. The fourth-order valence-electron chi connectivity index (χ4n) is 3.11. The zero-order chi connectivity index (χ0) is 19.1. The molecule has 2 amide bonds. The van der Waals surface area contributed by atoms with E-state index in [4.69, 9.17) is 9.47 Å². The predicted octanol–water partition coefficient (Wildman–Crippen LogP) is 2.85. The van der Waals surface area contributed by atoms with E-state index in [2.05, 4.69) is 10.6 Å². The Bertz CT molecular complexity index is 806. The van der Waals surface area contributed by atoms with Gasteiger partial charge in [0.2, 0.25) is 5.91 Å². The number of hydrogen-bond donors (Lipinski definition) is 2. The van der Waals surface area contributed by atoms with Crippen LogP contribution in [-0.4, -0.2) is 31.6 Å². The molecule has 0 fully saturated rings. The number of amides is 2. The Kier molecular flexibility index (Phi) is 6.30. The molecule has 1 aliphatic heterocycles. The Morgan fingerprint density at radius 1 is 1.15 bits per heavy atom. The molecular weight excluding hydrogens is 344 g/mol. The van der Waals surface area contributed by atoms with Crippen molar-refractivity contribution in [3.05, 3.63) is 59.7 Å². The lowest BCUT2D eigenvalue weighted by atomic mass is 10.0. The van der Waals surface area contributed by atoms with Crippen LogP contribution in [0.25, 0.3) is 0 Å². The quantitative estimate of drug-likeness (QED) is 0.822. The summed E-state index contributed by atoms with van der Waals surface area (Å²) < 4.78 is 11.2. The van der Waals surface area contributed by atoms with Gasteiger partial charge in [-0.3, -0.25) is 9.59 Å². The molecule has 0 bridgehead atoms. The first-order chi connectivity index (χ1) is 13.2. The molecule has 0 unspecified atom stereocenters. The van der Waals surface area contributed by atoms with Gasteiger partial charge < -0.3 is 20.1 Å². The number of para-hydroxylation sites is 2. The van der Waals surface area contributed by atoms with Crippen molar-refractivity contribution in [2.45, 2.75) is 25.8 Å². The number of fused-ring (bicyclic) bond motifs is 1. The predicted molar refractivity (Wildman–Crippen MR) is 102 cm³/mol. The van der Waals surface area contributed by atoms with E-state index >= 15 is 0 Å². The minimum Gasteiger partial charge on any atom is -0.493 e. The Hall–Kier alpha value is -3.02. The number of carbonyl (C=O) groups is 2. The van der Waals surface area contributed by atoms with Crippen molar-refractivity contribution >= 4 is 11.8 Å². The highest BCUT2D eigenvalue weighted by Gasteiger charge is 2.21. The third kappa shape index (κ3) is 4.78. The Morgan fingerprint density at radius 2 is 1.93 bits per heavy atom. The summed E-state index contributed by atoms with van der Waals surface area (Å²) in [7, 11) is 0. The highest BCUT2D eigenvalue weighted by Crippen LogP contribution is 2.30. The lowest BCUT2D eigenvalue weighted by molar-refractivity contribution is -0.120. The second-order valence-corrected chi connectivity index (χ2v) is 6.26. The molecule has 2 aromatic carbocycles. The van der Waals surface area contributed by atoms with Crippen molar-refractivity contribution in [2.24, 2.45) is 0 Å². The first kappa shape index (κ1) is 18.8. The molecule has 0 radical (unpaired) electrons. The van der Waals surface area contributed by atoms with Crippen molar-refractivity contribution in [1.82, 2.24) is 10.6 Å². The van der Waals surface area contributed by atoms with Gasteiger partial charge in [-0.2, -0.15) is 0 Å². The van der Waals surface area contributed by atoms with E-state index in [9.17, 15) is 9.59 Å². The molecule has 27 heavy (non-hydrogen) atoms. The minimum atomic E-state index is -0.334.